The van der Waals surface area contributed by atoms with Crippen molar-refractivity contribution in [1.82, 2.24) is 30.5 Å². The lowest BCUT2D eigenvalue weighted by Crippen LogP contribution is -2.32. The zero-order valence-electron chi connectivity index (χ0n) is 13.4. The summed E-state index contributed by atoms with van der Waals surface area (Å²) in [5.41, 5.74) is -0.927. The van der Waals surface area contributed by atoms with E-state index in [1.54, 1.807) is 4.90 Å². The monoisotopic (exact) mass is 389 g/mol. The van der Waals surface area contributed by atoms with Crippen LogP contribution >= 0.6 is 11.6 Å². The summed E-state index contributed by atoms with van der Waals surface area (Å²) in [6.45, 7) is 0.781. The van der Waals surface area contributed by atoms with E-state index in [2.05, 4.69) is 30.9 Å². The molecule has 2 aromatic rings. The summed E-state index contributed by atoms with van der Waals surface area (Å²) in [6, 6.07) is 0.583. The van der Waals surface area contributed by atoms with Crippen molar-refractivity contribution >= 4 is 23.3 Å². The molecule has 1 aliphatic heterocycles. The van der Waals surface area contributed by atoms with Crippen LogP contribution in [0.4, 0.5) is 19.0 Å². The first-order valence-electron chi connectivity index (χ1n) is 7.85. The van der Waals surface area contributed by atoms with E-state index >= 15 is 0 Å². The molecule has 0 aliphatic carbocycles. The lowest BCUT2D eigenvalue weighted by Gasteiger charge is -2.22. The number of tetrazole rings is 1. The van der Waals surface area contributed by atoms with E-state index in [1.165, 1.54) is 0 Å². The Morgan fingerprint density at radius 3 is 2.92 bits per heavy atom. The average molecular weight is 390 g/mol. The number of hydrogen-bond acceptors (Lipinski definition) is 6. The van der Waals surface area contributed by atoms with Gasteiger partial charge in [-0.2, -0.15) is 18.4 Å². The van der Waals surface area contributed by atoms with Gasteiger partial charge in [-0.3, -0.25) is 4.79 Å². The molecule has 1 unspecified atom stereocenters. The third-order valence-electron chi connectivity index (χ3n) is 4.03. The number of H-pyrrole nitrogens is 1. The number of carbonyl (C=O) groups is 1. The summed E-state index contributed by atoms with van der Waals surface area (Å²) >= 11 is 5.82. The molecule has 3 heterocycles. The second-order valence-electron chi connectivity index (χ2n) is 5.74. The van der Waals surface area contributed by atoms with Gasteiger partial charge in [0.1, 0.15) is 5.82 Å². The Balaban J connectivity index is 1.55. The molecule has 12 heteroatoms. The smallest absolute Gasteiger partial charge is 0.368 e. The second kappa shape index (κ2) is 7.44. The highest BCUT2D eigenvalue weighted by Crippen LogP contribution is 2.32. The molecule has 1 aliphatic rings. The molecule has 1 atom stereocenters. The molecule has 0 spiro atoms. The lowest BCUT2D eigenvalue weighted by atomic mass is 10.2. The first kappa shape index (κ1) is 18.4. The number of rotatable bonds is 5. The number of halogens is 4. The molecule has 0 saturated carbocycles. The average Bonchev–Trinajstić information content (AvgIpc) is 3.26. The van der Waals surface area contributed by atoms with Crippen molar-refractivity contribution in [2.45, 2.75) is 31.5 Å². The summed E-state index contributed by atoms with van der Waals surface area (Å²) in [7, 11) is 0. The van der Waals surface area contributed by atoms with E-state index in [4.69, 9.17) is 11.6 Å². The zero-order chi connectivity index (χ0) is 18.7. The quantitative estimate of drug-likeness (QED) is 0.814. The number of nitrogens with one attached hydrogen (secondary N) is 2. The second-order valence-corrected chi connectivity index (χ2v) is 6.15. The van der Waals surface area contributed by atoms with Gasteiger partial charge in [0.15, 0.2) is 5.82 Å². The van der Waals surface area contributed by atoms with Crippen molar-refractivity contribution in [3.8, 4) is 0 Å². The van der Waals surface area contributed by atoms with Gasteiger partial charge in [-0.15, -0.1) is 10.2 Å². The maximum Gasteiger partial charge on any atom is 0.417 e. The van der Waals surface area contributed by atoms with Crippen LogP contribution in [0.3, 0.4) is 0 Å². The molecule has 0 radical (unpaired) electrons. The minimum Gasteiger partial charge on any atom is -0.368 e. The molecule has 2 N–H and O–H groups in total. The molecule has 0 bridgehead atoms. The van der Waals surface area contributed by atoms with Crippen LogP contribution in [-0.2, 0) is 11.0 Å². The number of carbonyl (C=O) groups excluding carboxylic acids is 1. The summed E-state index contributed by atoms with van der Waals surface area (Å²) in [5, 5.41) is 16.4. The molecule has 1 amide bonds. The third-order valence-corrected chi connectivity index (χ3v) is 4.32. The van der Waals surface area contributed by atoms with E-state index in [-0.39, 0.29) is 35.8 Å². The predicted octanol–water partition coefficient (Wildman–Crippen LogP) is 2.43. The van der Waals surface area contributed by atoms with Gasteiger partial charge >= 0.3 is 6.18 Å². The molecule has 2 aromatic heterocycles. The molecular formula is C14H15ClF3N7O. The maximum atomic E-state index is 12.6. The van der Waals surface area contributed by atoms with Gasteiger partial charge in [-0.05, 0) is 18.9 Å². The molecule has 3 rings (SSSR count). The minimum absolute atomic E-state index is 0.101. The summed E-state index contributed by atoms with van der Waals surface area (Å²) < 4.78 is 37.8. The Labute approximate surface area is 151 Å². The number of aromatic amines is 1. The van der Waals surface area contributed by atoms with E-state index in [1.807, 2.05) is 0 Å². The van der Waals surface area contributed by atoms with Gasteiger partial charge in [0, 0.05) is 25.7 Å². The van der Waals surface area contributed by atoms with Crippen molar-refractivity contribution < 1.29 is 18.0 Å². The predicted molar refractivity (Wildman–Crippen MR) is 85.2 cm³/mol. The molecule has 140 valence electrons. The topological polar surface area (TPSA) is 99.7 Å². The molecule has 8 nitrogen and oxygen atoms in total. The van der Waals surface area contributed by atoms with Crippen LogP contribution in [0.25, 0.3) is 0 Å². The summed E-state index contributed by atoms with van der Waals surface area (Å²) in [6.07, 6.45) is -2.09. The number of pyridine rings is 1. The standard InChI is InChI=1S/C14H15ClF3N7O/c15-9-6-8(14(16,17)18)7-20-12(9)19-4-3-11(26)25-5-1-2-10(25)13-21-23-24-22-13/h6-7,10H,1-5H2,(H,19,20)(H,21,22,23,24). The van der Waals surface area contributed by atoms with Gasteiger partial charge in [0.05, 0.1) is 16.6 Å². The molecule has 0 aromatic carbocycles. The highest BCUT2D eigenvalue weighted by molar-refractivity contribution is 6.32. The minimum atomic E-state index is -4.51. The van der Waals surface area contributed by atoms with Crippen LogP contribution in [0, 0.1) is 0 Å². The van der Waals surface area contributed by atoms with Crippen LogP contribution < -0.4 is 5.32 Å². The fourth-order valence-electron chi connectivity index (χ4n) is 2.80. The van der Waals surface area contributed by atoms with E-state index in [9.17, 15) is 18.0 Å². The Morgan fingerprint density at radius 1 is 1.46 bits per heavy atom. The number of anilines is 1. The Kier molecular flexibility index (Phi) is 5.25. The summed E-state index contributed by atoms with van der Waals surface area (Å²) in [4.78, 5) is 17.8. The lowest BCUT2D eigenvalue weighted by molar-refractivity contribution is -0.137. The number of hydrogen-bond donors (Lipinski definition) is 2. The Hall–Kier alpha value is -2.43. The van der Waals surface area contributed by atoms with Crippen LogP contribution in [-0.4, -0.2) is 49.5 Å². The van der Waals surface area contributed by atoms with Gasteiger partial charge in [0.25, 0.3) is 0 Å². The Morgan fingerprint density at radius 2 is 2.27 bits per heavy atom. The number of alkyl halides is 3. The summed E-state index contributed by atoms with van der Waals surface area (Å²) in [5.74, 6) is 0.452. The molecule has 1 saturated heterocycles. The fourth-order valence-corrected chi connectivity index (χ4v) is 3.03. The molecule has 26 heavy (non-hydrogen) atoms. The van der Waals surface area contributed by atoms with Crippen molar-refractivity contribution in [2.75, 3.05) is 18.4 Å². The fraction of sp³-hybridized carbons (Fsp3) is 0.500. The van der Waals surface area contributed by atoms with Crippen LogP contribution in [0.1, 0.15) is 36.7 Å². The van der Waals surface area contributed by atoms with Crippen molar-refractivity contribution in [3.05, 3.63) is 28.7 Å². The van der Waals surface area contributed by atoms with Crippen molar-refractivity contribution in [2.24, 2.45) is 0 Å². The number of nitrogens with zero attached hydrogens (tertiary/aromatic N) is 5. The van der Waals surface area contributed by atoms with Gasteiger partial charge in [-0.1, -0.05) is 16.8 Å². The van der Waals surface area contributed by atoms with Crippen LogP contribution in [0.15, 0.2) is 12.3 Å². The van der Waals surface area contributed by atoms with Crippen LogP contribution in [0.2, 0.25) is 5.02 Å². The first-order valence-corrected chi connectivity index (χ1v) is 8.23. The third kappa shape index (κ3) is 4.03. The van der Waals surface area contributed by atoms with Gasteiger partial charge < -0.3 is 10.2 Å². The number of amides is 1. The van der Waals surface area contributed by atoms with Crippen molar-refractivity contribution in [1.29, 1.82) is 0 Å². The van der Waals surface area contributed by atoms with E-state index < -0.39 is 11.7 Å². The van der Waals surface area contributed by atoms with Crippen molar-refractivity contribution in [3.63, 3.8) is 0 Å². The van der Waals surface area contributed by atoms with E-state index in [0.717, 1.165) is 18.9 Å². The normalized spacial score (nSPS) is 17.5. The Bertz CT molecular complexity index is 768. The van der Waals surface area contributed by atoms with Crippen LogP contribution in [0.5, 0.6) is 0 Å². The molecule has 1 fully saturated rings. The SMILES string of the molecule is O=C(CCNc1ncc(C(F)(F)F)cc1Cl)N1CCCC1c1nn[nH]n1. The first-order chi connectivity index (χ1) is 12.4. The number of likely N-dealkylation sites (tertiary alicyclic amines) is 1. The van der Waals surface area contributed by atoms with Gasteiger partial charge in [0.2, 0.25) is 5.91 Å². The van der Waals surface area contributed by atoms with E-state index in [0.29, 0.717) is 18.6 Å². The largest absolute Gasteiger partial charge is 0.417 e. The molecular weight excluding hydrogens is 375 g/mol. The number of aromatic nitrogens is 5. The zero-order valence-corrected chi connectivity index (χ0v) is 14.2. The van der Waals surface area contributed by atoms with Gasteiger partial charge in [-0.25, -0.2) is 4.98 Å². The maximum absolute atomic E-state index is 12.6. The highest BCUT2D eigenvalue weighted by atomic mass is 35.5. The highest BCUT2D eigenvalue weighted by Gasteiger charge is 2.33.